The van der Waals surface area contributed by atoms with Crippen molar-refractivity contribution in [2.24, 2.45) is 0 Å². The summed E-state index contributed by atoms with van der Waals surface area (Å²) in [7, 11) is 3.07. The van der Waals surface area contributed by atoms with E-state index in [-0.39, 0.29) is 50.5 Å². The Morgan fingerprint density at radius 1 is 0.746 bits per heavy atom. The molecule has 1 aliphatic heterocycles. The number of aromatic nitrogens is 1. The number of anilines is 1. The summed E-state index contributed by atoms with van der Waals surface area (Å²) in [6.07, 6.45) is 2.54. The van der Waals surface area contributed by atoms with Gasteiger partial charge in [-0.25, -0.2) is 27.2 Å². The molecule has 0 unspecified atom stereocenters. The predicted octanol–water partition coefficient (Wildman–Crippen LogP) is 10.3. The van der Waals surface area contributed by atoms with E-state index < -0.39 is 57.6 Å². The Labute approximate surface area is 360 Å². The van der Waals surface area contributed by atoms with Gasteiger partial charge in [0, 0.05) is 37.3 Å². The van der Waals surface area contributed by atoms with Gasteiger partial charge in [0.25, 0.3) is 0 Å². The van der Waals surface area contributed by atoms with Crippen molar-refractivity contribution in [2.75, 3.05) is 33.0 Å². The number of nitrogens with zero attached hydrogens (tertiary/aromatic N) is 2. The lowest BCUT2D eigenvalue weighted by Crippen LogP contribution is -2.22. The second kappa shape index (κ2) is 20.3. The molecule has 0 atom stereocenters. The van der Waals surface area contributed by atoms with Gasteiger partial charge in [0.1, 0.15) is 22.4 Å². The van der Waals surface area contributed by atoms with Gasteiger partial charge in [-0.1, -0.05) is 75.5 Å². The molecule has 0 saturated heterocycles. The SMILES string of the molecule is C.C.CCOC(=O)/C(=C\N(C)C)C(=O)c1ccc(F)c(F)c1F.CCOC(=O)c1cn2c3c(c(F)ccc3c1=O)Oc1ccc3ccccc3c1-2.Nc1c(O)ccc2ccccc12. The molecule has 0 fully saturated rings. The highest BCUT2D eigenvalue weighted by atomic mass is 19.2. The van der Waals surface area contributed by atoms with E-state index in [1.54, 1.807) is 23.6 Å². The van der Waals surface area contributed by atoms with E-state index in [1.807, 2.05) is 60.7 Å². The van der Waals surface area contributed by atoms with Gasteiger partial charge < -0.3 is 34.5 Å². The highest BCUT2D eigenvalue weighted by molar-refractivity contribution is 6.24. The minimum atomic E-state index is -1.77. The van der Waals surface area contributed by atoms with Gasteiger partial charge in [-0.2, -0.15) is 0 Å². The second-order valence-corrected chi connectivity index (χ2v) is 13.5. The van der Waals surface area contributed by atoms with Crippen LogP contribution in [0.2, 0.25) is 0 Å². The molecule has 63 heavy (non-hydrogen) atoms. The van der Waals surface area contributed by atoms with Crippen molar-refractivity contribution in [1.82, 2.24) is 9.47 Å². The molecular formula is C48H45F4N3O8. The molecule has 7 aromatic rings. The average molecular weight is 868 g/mol. The van der Waals surface area contributed by atoms with E-state index >= 15 is 0 Å². The number of phenolic OH excluding ortho intramolecular Hbond substituents is 1. The first-order valence-electron chi connectivity index (χ1n) is 18.6. The van der Waals surface area contributed by atoms with E-state index in [9.17, 15) is 41.8 Å². The fourth-order valence-electron chi connectivity index (χ4n) is 6.47. The molecule has 6 aromatic carbocycles. The molecule has 0 saturated carbocycles. The third-order valence-electron chi connectivity index (χ3n) is 9.24. The second-order valence-electron chi connectivity index (χ2n) is 13.5. The zero-order chi connectivity index (χ0) is 44.1. The maximum Gasteiger partial charge on any atom is 0.343 e. The molecule has 0 spiro atoms. The topological polar surface area (TPSA) is 150 Å². The Morgan fingerprint density at radius 3 is 2.00 bits per heavy atom. The molecular weight excluding hydrogens is 823 g/mol. The minimum absolute atomic E-state index is 0. The minimum Gasteiger partial charge on any atom is -0.506 e. The molecule has 0 amide bonds. The first kappa shape index (κ1) is 48.0. The van der Waals surface area contributed by atoms with Gasteiger partial charge in [-0.3, -0.25) is 9.59 Å². The monoisotopic (exact) mass is 867 g/mol. The zero-order valence-electron chi connectivity index (χ0n) is 33.1. The van der Waals surface area contributed by atoms with Gasteiger partial charge in [-0.05, 0) is 61.0 Å². The number of esters is 2. The number of halogens is 4. The molecule has 11 nitrogen and oxygen atoms in total. The number of carbonyl (C=O) groups is 3. The third-order valence-corrected chi connectivity index (χ3v) is 9.24. The van der Waals surface area contributed by atoms with E-state index in [0.29, 0.717) is 28.7 Å². The summed E-state index contributed by atoms with van der Waals surface area (Å²) in [5, 5.41) is 13.2. The van der Waals surface area contributed by atoms with Crippen LogP contribution in [0.25, 0.3) is 38.1 Å². The van der Waals surface area contributed by atoms with Crippen LogP contribution in [-0.2, 0) is 14.3 Å². The Balaban J connectivity index is 0.000000220. The molecule has 0 radical (unpaired) electrons. The van der Waals surface area contributed by atoms with Crippen LogP contribution in [0.4, 0.5) is 23.2 Å². The summed E-state index contributed by atoms with van der Waals surface area (Å²) in [6, 6.07) is 26.4. The highest BCUT2D eigenvalue weighted by Gasteiger charge is 2.29. The number of rotatable bonds is 7. The summed E-state index contributed by atoms with van der Waals surface area (Å²) in [5.74, 6) is -7.63. The summed E-state index contributed by atoms with van der Waals surface area (Å²) in [6.45, 7) is 3.36. The third kappa shape index (κ3) is 9.62. The number of fused-ring (bicyclic) bond motifs is 5. The van der Waals surface area contributed by atoms with Crippen LogP contribution < -0.4 is 15.9 Å². The van der Waals surface area contributed by atoms with Crippen molar-refractivity contribution < 1.29 is 51.3 Å². The van der Waals surface area contributed by atoms with Crippen LogP contribution in [-0.4, -0.2) is 59.6 Å². The lowest BCUT2D eigenvalue weighted by atomic mass is 10.0. The van der Waals surface area contributed by atoms with E-state index in [1.165, 1.54) is 44.2 Å². The van der Waals surface area contributed by atoms with Gasteiger partial charge in [0.2, 0.25) is 11.2 Å². The first-order valence-corrected chi connectivity index (χ1v) is 18.6. The zero-order valence-corrected chi connectivity index (χ0v) is 33.1. The van der Waals surface area contributed by atoms with Crippen molar-refractivity contribution >= 4 is 55.9 Å². The number of nitrogens with two attached hydrogens (primary N) is 1. The van der Waals surface area contributed by atoms with E-state index in [2.05, 4.69) is 0 Å². The molecule has 0 bridgehead atoms. The molecule has 1 aromatic heterocycles. The normalized spacial score (nSPS) is 11.0. The standard InChI is InChI=1S/C22H14FNO4.C14H14F3NO3.C10H9NO.2CH4/c1-2-27-22(26)15-11-24-18-13-6-4-3-5-12(13)7-10-17(18)28-21-16(23)9-8-14(19(21)24)20(15)25;1-4-21-14(20)9(7-18(2)3)13(19)8-5-6-10(15)12(17)11(8)16;11-10-8-4-2-1-3-7(8)5-6-9(10)12;;/h3-11H,2H2,1H3;5-7H,4H2,1-3H3;1-6,12H,11H2;2*1H4/b;9-7-;;;. The average Bonchev–Trinajstić information content (AvgIpc) is 3.25. The van der Waals surface area contributed by atoms with Gasteiger partial charge in [-0.15, -0.1) is 0 Å². The van der Waals surface area contributed by atoms with Crippen molar-refractivity contribution in [3.05, 3.63) is 160 Å². The van der Waals surface area contributed by atoms with Crippen molar-refractivity contribution in [3.63, 3.8) is 0 Å². The van der Waals surface area contributed by atoms with Crippen LogP contribution in [0.1, 0.15) is 49.4 Å². The van der Waals surface area contributed by atoms with Gasteiger partial charge in [0.05, 0.1) is 35.5 Å². The molecule has 3 N–H and O–H groups in total. The maximum absolute atomic E-state index is 14.5. The number of aromatic hydroxyl groups is 1. The highest BCUT2D eigenvalue weighted by Crippen LogP contribution is 2.44. The van der Waals surface area contributed by atoms with Crippen molar-refractivity contribution in [1.29, 1.82) is 0 Å². The van der Waals surface area contributed by atoms with Crippen LogP contribution in [0, 0.1) is 23.3 Å². The Kier molecular flexibility index (Phi) is 15.4. The number of pyridine rings is 1. The Morgan fingerprint density at radius 2 is 1.35 bits per heavy atom. The largest absolute Gasteiger partial charge is 0.506 e. The fraction of sp³-hybridized carbons (Fsp3) is 0.167. The van der Waals surface area contributed by atoms with Gasteiger partial charge >= 0.3 is 11.9 Å². The molecule has 2 heterocycles. The summed E-state index contributed by atoms with van der Waals surface area (Å²) in [4.78, 5) is 50.5. The number of Topliss-reactive ketones (excluding diaryl/α,β-unsaturated/α-hetero) is 1. The number of hydrogen-bond acceptors (Lipinski definition) is 10. The summed E-state index contributed by atoms with van der Waals surface area (Å²) < 4.78 is 71.4. The number of hydrogen-bond donors (Lipinski definition) is 2. The smallest absolute Gasteiger partial charge is 0.343 e. The van der Waals surface area contributed by atoms with Crippen LogP contribution >= 0.6 is 0 Å². The number of nitrogen functional groups attached to an aromatic ring is 1. The predicted molar refractivity (Wildman–Crippen MR) is 236 cm³/mol. The lowest BCUT2D eigenvalue weighted by molar-refractivity contribution is -0.138. The van der Waals surface area contributed by atoms with Crippen molar-refractivity contribution in [2.45, 2.75) is 28.7 Å². The van der Waals surface area contributed by atoms with Crippen molar-refractivity contribution in [3.8, 4) is 22.9 Å². The lowest BCUT2D eigenvalue weighted by Gasteiger charge is -2.25. The Hall–Kier alpha value is -7.68. The van der Waals surface area contributed by atoms with Crippen LogP contribution in [0.3, 0.4) is 0 Å². The Bertz CT molecular complexity index is 2970. The van der Waals surface area contributed by atoms with Crippen LogP contribution in [0.5, 0.6) is 17.2 Å². The fourth-order valence-corrected chi connectivity index (χ4v) is 6.47. The quantitative estimate of drug-likeness (QED) is 0.0182. The molecule has 15 heteroatoms. The number of ether oxygens (including phenoxy) is 3. The van der Waals surface area contributed by atoms with Gasteiger partial charge in [0.15, 0.2) is 34.8 Å². The number of phenols is 1. The molecule has 8 rings (SSSR count). The van der Waals surface area contributed by atoms with Crippen LogP contribution in [0.15, 0.2) is 120 Å². The van der Waals surface area contributed by atoms with E-state index in [4.69, 9.17) is 19.9 Å². The summed E-state index contributed by atoms with van der Waals surface area (Å²) in [5.41, 5.74) is 5.22. The molecule has 1 aliphatic rings. The maximum atomic E-state index is 14.5. The van der Waals surface area contributed by atoms with E-state index in [0.717, 1.165) is 33.8 Å². The number of benzene rings is 6. The number of carbonyl (C=O) groups excluding carboxylic acids is 3. The number of ketones is 1. The molecule has 0 aliphatic carbocycles. The molecule has 328 valence electrons. The summed E-state index contributed by atoms with van der Waals surface area (Å²) >= 11 is 0. The first-order chi connectivity index (χ1) is 29.2.